The largest absolute Gasteiger partial charge is 0.490 e. The van der Waals surface area contributed by atoms with Gasteiger partial charge in [-0.25, -0.2) is 0 Å². The number of fused-ring (bicyclic) bond motifs is 1. The second-order valence-electron chi connectivity index (χ2n) is 8.02. The van der Waals surface area contributed by atoms with E-state index in [1.165, 1.54) is 0 Å². The first-order chi connectivity index (χ1) is 16.3. The average Bonchev–Trinajstić information content (AvgIpc) is 3.26. The first-order valence-corrected chi connectivity index (χ1v) is 11.1. The molecular formula is C28H25NO4. The van der Waals surface area contributed by atoms with Crippen LogP contribution in [0.25, 0.3) is 11.1 Å². The quantitative estimate of drug-likeness (QED) is 0.372. The number of rotatable bonds is 6. The van der Waals surface area contributed by atoms with Crippen LogP contribution in [0.2, 0.25) is 0 Å². The molecule has 5 heteroatoms. The molecule has 33 heavy (non-hydrogen) atoms. The Morgan fingerprint density at radius 3 is 2.39 bits per heavy atom. The molecule has 5 nitrogen and oxygen atoms in total. The minimum absolute atomic E-state index is 0.0906. The zero-order chi connectivity index (χ0) is 22.5. The van der Waals surface area contributed by atoms with Crippen molar-refractivity contribution in [3.05, 3.63) is 108 Å². The maximum absolute atomic E-state index is 13.6. The van der Waals surface area contributed by atoms with Crippen LogP contribution in [-0.2, 0) is 13.1 Å². The van der Waals surface area contributed by atoms with Crippen molar-refractivity contribution in [2.24, 2.45) is 0 Å². The summed E-state index contributed by atoms with van der Waals surface area (Å²) in [7, 11) is 0. The zero-order valence-corrected chi connectivity index (χ0v) is 18.3. The van der Waals surface area contributed by atoms with Gasteiger partial charge in [0.15, 0.2) is 11.5 Å². The molecule has 0 N–H and O–H groups in total. The van der Waals surface area contributed by atoms with Gasteiger partial charge in [0, 0.05) is 18.5 Å². The molecule has 5 rings (SSSR count). The van der Waals surface area contributed by atoms with Gasteiger partial charge in [-0.3, -0.25) is 4.79 Å². The van der Waals surface area contributed by atoms with Gasteiger partial charge in [-0.05, 0) is 53.1 Å². The second-order valence-corrected chi connectivity index (χ2v) is 8.02. The summed E-state index contributed by atoms with van der Waals surface area (Å²) in [5, 5.41) is 0. The van der Waals surface area contributed by atoms with Gasteiger partial charge in [0.1, 0.15) is 5.76 Å². The molecule has 0 unspecified atom stereocenters. The van der Waals surface area contributed by atoms with Crippen molar-refractivity contribution in [1.29, 1.82) is 0 Å². The monoisotopic (exact) mass is 439 g/mol. The fraction of sp³-hybridized carbons (Fsp3) is 0.179. The van der Waals surface area contributed by atoms with E-state index in [9.17, 15) is 4.79 Å². The van der Waals surface area contributed by atoms with Gasteiger partial charge >= 0.3 is 0 Å². The van der Waals surface area contributed by atoms with Crippen LogP contribution < -0.4 is 9.47 Å². The first-order valence-electron chi connectivity index (χ1n) is 11.1. The number of furan rings is 1. The van der Waals surface area contributed by atoms with Crippen molar-refractivity contribution in [2.45, 2.75) is 19.5 Å². The molecular weight excluding hydrogens is 414 g/mol. The Morgan fingerprint density at radius 1 is 0.758 bits per heavy atom. The van der Waals surface area contributed by atoms with Crippen LogP contribution in [0.3, 0.4) is 0 Å². The fourth-order valence-corrected chi connectivity index (χ4v) is 3.97. The third kappa shape index (κ3) is 4.93. The lowest BCUT2D eigenvalue weighted by molar-refractivity contribution is 0.0717. The molecule has 1 aromatic heterocycles. The topological polar surface area (TPSA) is 51.9 Å². The van der Waals surface area contributed by atoms with Crippen molar-refractivity contribution < 1.29 is 18.7 Å². The Morgan fingerprint density at radius 2 is 1.58 bits per heavy atom. The Balaban J connectivity index is 1.43. The fourth-order valence-electron chi connectivity index (χ4n) is 3.97. The summed E-state index contributed by atoms with van der Waals surface area (Å²) in [6, 6.07) is 27.6. The van der Waals surface area contributed by atoms with Gasteiger partial charge in [-0.1, -0.05) is 48.5 Å². The van der Waals surface area contributed by atoms with E-state index in [2.05, 4.69) is 24.3 Å². The molecule has 1 amide bonds. The van der Waals surface area contributed by atoms with Crippen molar-refractivity contribution in [1.82, 2.24) is 4.90 Å². The van der Waals surface area contributed by atoms with Gasteiger partial charge in [0.2, 0.25) is 0 Å². The third-order valence-corrected chi connectivity index (χ3v) is 5.62. The highest BCUT2D eigenvalue weighted by Crippen LogP contribution is 2.31. The smallest absolute Gasteiger partial charge is 0.254 e. The van der Waals surface area contributed by atoms with Crippen LogP contribution in [0.15, 0.2) is 95.6 Å². The van der Waals surface area contributed by atoms with E-state index >= 15 is 0 Å². The Labute approximate surface area is 193 Å². The SMILES string of the molecule is O=C(c1ccc2c(c1)OCCCO2)N(Cc1cccc(-c2ccccc2)c1)Cc1ccco1. The molecule has 0 aliphatic carbocycles. The number of amides is 1. The van der Waals surface area contributed by atoms with Crippen molar-refractivity contribution in [3.63, 3.8) is 0 Å². The van der Waals surface area contributed by atoms with E-state index in [1.807, 2.05) is 48.5 Å². The molecule has 2 heterocycles. The Hall–Kier alpha value is -3.99. The summed E-state index contributed by atoms with van der Waals surface area (Å²) in [6.45, 7) is 2.01. The van der Waals surface area contributed by atoms with Crippen LogP contribution in [0, 0.1) is 0 Å². The van der Waals surface area contributed by atoms with Gasteiger partial charge in [-0.15, -0.1) is 0 Å². The summed E-state index contributed by atoms with van der Waals surface area (Å²) < 4.78 is 17.1. The number of benzene rings is 3. The molecule has 1 aliphatic heterocycles. The summed E-state index contributed by atoms with van der Waals surface area (Å²) in [5.41, 5.74) is 3.87. The predicted octanol–water partition coefficient (Wildman–Crippen LogP) is 5.95. The van der Waals surface area contributed by atoms with Crippen LogP contribution in [0.4, 0.5) is 0 Å². The van der Waals surface area contributed by atoms with E-state index in [1.54, 1.807) is 23.3 Å². The normalized spacial score (nSPS) is 12.7. The van der Waals surface area contributed by atoms with E-state index in [0.29, 0.717) is 43.4 Å². The van der Waals surface area contributed by atoms with Crippen LogP contribution in [0.5, 0.6) is 11.5 Å². The van der Waals surface area contributed by atoms with Crippen LogP contribution in [0.1, 0.15) is 28.1 Å². The molecule has 166 valence electrons. The van der Waals surface area contributed by atoms with E-state index in [-0.39, 0.29) is 5.91 Å². The lowest BCUT2D eigenvalue weighted by Crippen LogP contribution is -2.30. The van der Waals surface area contributed by atoms with Crippen molar-refractivity contribution in [2.75, 3.05) is 13.2 Å². The van der Waals surface area contributed by atoms with Gasteiger partial charge < -0.3 is 18.8 Å². The van der Waals surface area contributed by atoms with E-state index in [0.717, 1.165) is 28.9 Å². The molecule has 0 bridgehead atoms. The van der Waals surface area contributed by atoms with E-state index in [4.69, 9.17) is 13.9 Å². The Bertz CT molecular complexity index is 1220. The minimum Gasteiger partial charge on any atom is -0.490 e. The molecule has 0 radical (unpaired) electrons. The number of ether oxygens (including phenoxy) is 2. The number of hydrogen-bond donors (Lipinski definition) is 0. The summed E-state index contributed by atoms with van der Waals surface area (Å²) >= 11 is 0. The molecule has 1 aliphatic rings. The lowest BCUT2D eigenvalue weighted by atomic mass is 10.0. The van der Waals surface area contributed by atoms with Crippen LogP contribution in [-0.4, -0.2) is 24.0 Å². The first kappa shape index (κ1) is 20.9. The number of carbonyl (C=O) groups is 1. The highest BCUT2D eigenvalue weighted by Gasteiger charge is 2.21. The molecule has 0 saturated heterocycles. The molecule has 0 saturated carbocycles. The minimum atomic E-state index is -0.0906. The lowest BCUT2D eigenvalue weighted by Gasteiger charge is -2.23. The number of nitrogens with zero attached hydrogens (tertiary/aromatic N) is 1. The van der Waals surface area contributed by atoms with Gasteiger partial charge in [0.25, 0.3) is 5.91 Å². The number of carbonyl (C=O) groups excluding carboxylic acids is 1. The van der Waals surface area contributed by atoms with Crippen LogP contribution >= 0.6 is 0 Å². The number of hydrogen-bond acceptors (Lipinski definition) is 4. The van der Waals surface area contributed by atoms with Gasteiger partial charge in [-0.2, -0.15) is 0 Å². The summed E-state index contributed by atoms with van der Waals surface area (Å²) in [4.78, 5) is 15.4. The highest BCUT2D eigenvalue weighted by molar-refractivity contribution is 5.95. The van der Waals surface area contributed by atoms with Crippen molar-refractivity contribution in [3.8, 4) is 22.6 Å². The van der Waals surface area contributed by atoms with E-state index < -0.39 is 0 Å². The summed E-state index contributed by atoms with van der Waals surface area (Å²) in [6.07, 6.45) is 2.45. The molecule has 0 atom stereocenters. The maximum Gasteiger partial charge on any atom is 0.254 e. The van der Waals surface area contributed by atoms with Gasteiger partial charge in [0.05, 0.1) is 26.0 Å². The molecule has 0 spiro atoms. The maximum atomic E-state index is 13.6. The molecule has 3 aromatic carbocycles. The highest BCUT2D eigenvalue weighted by atomic mass is 16.5. The summed E-state index contributed by atoms with van der Waals surface area (Å²) in [5.74, 6) is 1.93. The molecule has 4 aromatic rings. The average molecular weight is 440 g/mol. The third-order valence-electron chi connectivity index (χ3n) is 5.62. The predicted molar refractivity (Wildman–Crippen MR) is 126 cm³/mol. The Kier molecular flexibility index (Phi) is 6.11. The second kappa shape index (κ2) is 9.65. The molecule has 0 fully saturated rings. The standard InChI is InChI=1S/C28H25NO4/c30-28(24-12-13-26-27(18-24)33-16-6-15-32-26)29(20-25-11-5-14-31-25)19-21-7-4-10-23(17-21)22-8-2-1-3-9-22/h1-5,7-14,17-18H,6,15-16,19-20H2. The van der Waals surface area contributed by atoms with Crippen molar-refractivity contribution >= 4 is 5.91 Å². The zero-order valence-electron chi connectivity index (χ0n) is 18.3.